The summed E-state index contributed by atoms with van der Waals surface area (Å²) < 4.78 is 26.1. The summed E-state index contributed by atoms with van der Waals surface area (Å²) in [6, 6.07) is 8.77. The molecular formula is C33H44N4O5S2. The van der Waals surface area contributed by atoms with Gasteiger partial charge in [-0.25, -0.2) is 8.42 Å². The number of amides is 1. The van der Waals surface area contributed by atoms with Gasteiger partial charge >= 0.3 is 0 Å². The summed E-state index contributed by atoms with van der Waals surface area (Å²) in [6.07, 6.45) is 17.2. The molecule has 1 aliphatic heterocycles. The van der Waals surface area contributed by atoms with Crippen LogP contribution in [0.1, 0.15) is 68.0 Å². The van der Waals surface area contributed by atoms with E-state index in [1.165, 1.54) is 60.7 Å². The maximum atomic E-state index is 12.4. The van der Waals surface area contributed by atoms with E-state index in [0.29, 0.717) is 30.2 Å². The van der Waals surface area contributed by atoms with Gasteiger partial charge in [0.15, 0.2) is 5.78 Å². The van der Waals surface area contributed by atoms with Crippen molar-refractivity contribution < 1.29 is 22.8 Å². The number of likely N-dealkylation sites (N-methyl/N-ethyl adjacent to an activating group) is 1. The van der Waals surface area contributed by atoms with Crippen LogP contribution in [-0.2, 0) is 19.6 Å². The van der Waals surface area contributed by atoms with Crippen molar-refractivity contribution in [1.82, 2.24) is 19.9 Å². The number of hydrogen-bond acceptors (Lipinski definition) is 8. The first kappa shape index (κ1) is 35.2. The Balaban J connectivity index is 0.000000245. The highest BCUT2D eigenvalue weighted by molar-refractivity contribution is 7.93. The van der Waals surface area contributed by atoms with Gasteiger partial charge in [-0.1, -0.05) is 63.0 Å². The van der Waals surface area contributed by atoms with Crippen LogP contribution in [0.3, 0.4) is 0 Å². The third kappa shape index (κ3) is 10.4. The summed E-state index contributed by atoms with van der Waals surface area (Å²) in [5.74, 6) is 0.305. The molecule has 2 aromatic heterocycles. The Morgan fingerprint density at radius 3 is 2.57 bits per heavy atom. The molecule has 44 heavy (non-hydrogen) atoms. The Kier molecular flexibility index (Phi) is 14.3. The Labute approximate surface area is 265 Å². The van der Waals surface area contributed by atoms with Crippen molar-refractivity contribution in [3.05, 3.63) is 77.2 Å². The van der Waals surface area contributed by atoms with E-state index >= 15 is 0 Å². The fourth-order valence-corrected chi connectivity index (χ4v) is 7.55. The number of hydrogen-bond donors (Lipinski definition) is 2. The number of carbonyl (C=O) groups is 3. The molecule has 3 heterocycles. The molecule has 0 aromatic carbocycles. The zero-order valence-corrected chi connectivity index (χ0v) is 27.2. The van der Waals surface area contributed by atoms with Crippen molar-refractivity contribution in [3.8, 4) is 10.6 Å². The van der Waals surface area contributed by atoms with E-state index in [2.05, 4.69) is 22.2 Å². The quantitative estimate of drug-likeness (QED) is 0.253. The van der Waals surface area contributed by atoms with Gasteiger partial charge in [-0.15, -0.1) is 11.3 Å². The number of aldehydes is 1. The van der Waals surface area contributed by atoms with Crippen molar-refractivity contribution >= 4 is 39.3 Å². The molecule has 1 aliphatic carbocycles. The Bertz CT molecular complexity index is 1410. The predicted molar refractivity (Wildman–Crippen MR) is 177 cm³/mol. The maximum Gasteiger partial charge on any atom is 0.261 e. The Morgan fingerprint density at radius 2 is 1.91 bits per heavy atom. The second kappa shape index (κ2) is 17.9. The van der Waals surface area contributed by atoms with Crippen LogP contribution in [0.4, 0.5) is 0 Å². The zero-order chi connectivity index (χ0) is 32.0. The van der Waals surface area contributed by atoms with Crippen LogP contribution in [-0.4, -0.2) is 67.9 Å². The highest BCUT2D eigenvalue weighted by Crippen LogP contribution is 2.28. The SMILES string of the molecule is C=C/C=C\C=C(/C)S(=O)(=O)N1CCCC(NC)C(=O)C1.O=C[C@H](CC1CCCCC1)NC(=O)c1ccc(-c2ccccn2)s1. The molecule has 1 saturated heterocycles. The summed E-state index contributed by atoms with van der Waals surface area (Å²) in [5.41, 5.74) is 0.857. The first-order valence-corrected chi connectivity index (χ1v) is 17.4. The molecule has 238 valence electrons. The number of pyridine rings is 1. The van der Waals surface area contributed by atoms with Gasteiger partial charge in [-0.05, 0) is 69.5 Å². The first-order chi connectivity index (χ1) is 21.2. The first-order valence-electron chi connectivity index (χ1n) is 15.1. The van der Waals surface area contributed by atoms with Crippen LogP contribution in [0.5, 0.6) is 0 Å². The summed E-state index contributed by atoms with van der Waals surface area (Å²) in [7, 11) is -1.85. The lowest BCUT2D eigenvalue weighted by Gasteiger charge is -2.24. The number of Topliss-reactive ketones (excluding diaryl/α,β-unsaturated/α-hetero) is 1. The number of allylic oxidation sites excluding steroid dienone is 5. The molecule has 0 bridgehead atoms. The van der Waals surface area contributed by atoms with Gasteiger partial charge in [0.2, 0.25) is 10.0 Å². The van der Waals surface area contributed by atoms with Crippen LogP contribution < -0.4 is 10.6 Å². The number of carbonyl (C=O) groups excluding carboxylic acids is 3. The molecule has 2 atom stereocenters. The lowest BCUT2D eigenvalue weighted by Crippen LogP contribution is -2.40. The summed E-state index contributed by atoms with van der Waals surface area (Å²) in [5, 5.41) is 5.81. The van der Waals surface area contributed by atoms with Gasteiger partial charge < -0.3 is 15.4 Å². The van der Waals surface area contributed by atoms with Gasteiger partial charge in [0, 0.05) is 12.7 Å². The molecule has 1 unspecified atom stereocenters. The molecule has 2 fully saturated rings. The number of ketones is 1. The number of aromatic nitrogens is 1. The van der Waals surface area contributed by atoms with Crippen LogP contribution in [0.25, 0.3) is 10.6 Å². The van der Waals surface area contributed by atoms with E-state index in [1.807, 2.05) is 24.3 Å². The van der Waals surface area contributed by atoms with Gasteiger partial charge in [-0.2, -0.15) is 4.31 Å². The van der Waals surface area contributed by atoms with E-state index in [-0.39, 0.29) is 35.2 Å². The number of nitrogens with one attached hydrogen (secondary N) is 2. The van der Waals surface area contributed by atoms with Crippen LogP contribution in [0.15, 0.2) is 72.3 Å². The zero-order valence-electron chi connectivity index (χ0n) is 25.6. The number of nitrogens with zero attached hydrogens (tertiary/aromatic N) is 2. The molecule has 9 nitrogen and oxygen atoms in total. The molecule has 2 aromatic rings. The Morgan fingerprint density at radius 1 is 1.14 bits per heavy atom. The van der Waals surface area contributed by atoms with Crippen molar-refractivity contribution in [3.63, 3.8) is 0 Å². The lowest BCUT2D eigenvalue weighted by molar-refractivity contribution is -0.120. The summed E-state index contributed by atoms with van der Waals surface area (Å²) in [6.45, 7) is 5.37. The summed E-state index contributed by atoms with van der Waals surface area (Å²) >= 11 is 1.40. The van der Waals surface area contributed by atoms with Crippen molar-refractivity contribution in [1.29, 1.82) is 0 Å². The average molecular weight is 641 g/mol. The van der Waals surface area contributed by atoms with Crippen LogP contribution >= 0.6 is 11.3 Å². The predicted octanol–water partition coefficient (Wildman–Crippen LogP) is 5.29. The van der Waals surface area contributed by atoms with Crippen molar-refractivity contribution in [2.24, 2.45) is 5.92 Å². The minimum atomic E-state index is -3.57. The van der Waals surface area contributed by atoms with Crippen LogP contribution in [0.2, 0.25) is 0 Å². The molecule has 0 radical (unpaired) electrons. The fourth-order valence-electron chi connectivity index (χ4n) is 5.34. The third-order valence-corrected chi connectivity index (χ3v) is 10.9. The van der Waals surface area contributed by atoms with Crippen molar-refractivity contribution in [2.75, 3.05) is 20.1 Å². The van der Waals surface area contributed by atoms with E-state index in [1.54, 1.807) is 37.5 Å². The fraction of sp³-hybridized carbons (Fsp3) is 0.455. The topological polar surface area (TPSA) is 126 Å². The van der Waals surface area contributed by atoms with Gasteiger partial charge in [0.05, 0.1) is 39.0 Å². The maximum absolute atomic E-state index is 12.4. The standard InChI is InChI=1S/C19H22N2O2S.C14H22N2O3S/c22-13-15(12-14-6-2-1-3-7-14)21-19(23)18-10-9-17(24-18)16-8-4-5-11-20-16;1-4-5-6-8-12(2)20(18,19)16-10-7-9-13(15-3)14(17)11-16/h4-5,8-11,13-15H,1-3,6-7,12H2,(H,21,23);4-6,8,13,15H,1,7,9-11H2,2-3H3/b;6-5-,12-8+/t15-;/m0./s1. The minimum Gasteiger partial charge on any atom is -0.342 e. The van der Waals surface area contributed by atoms with E-state index in [9.17, 15) is 22.8 Å². The minimum absolute atomic E-state index is 0.0653. The highest BCUT2D eigenvalue weighted by atomic mass is 32.2. The molecule has 1 amide bonds. The smallest absolute Gasteiger partial charge is 0.261 e. The number of thiophene rings is 1. The van der Waals surface area contributed by atoms with Crippen LogP contribution in [0, 0.1) is 5.92 Å². The highest BCUT2D eigenvalue weighted by Gasteiger charge is 2.31. The largest absolute Gasteiger partial charge is 0.342 e. The van der Waals surface area contributed by atoms with E-state index < -0.39 is 10.0 Å². The molecule has 4 rings (SSSR count). The van der Waals surface area contributed by atoms with Gasteiger partial charge in [-0.3, -0.25) is 14.6 Å². The molecule has 2 aliphatic rings. The van der Waals surface area contributed by atoms with Crippen molar-refractivity contribution in [2.45, 2.75) is 70.4 Å². The molecule has 0 spiro atoms. The van der Waals surface area contributed by atoms with E-state index in [4.69, 9.17) is 0 Å². The average Bonchev–Trinajstić information content (AvgIpc) is 3.46. The summed E-state index contributed by atoms with van der Waals surface area (Å²) in [4.78, 5) is 41.8. The van der Waals surface area contributed by atoms with Gasteiger partial charge in [0.25, 0.3) is 5.91 Å². The van der Waals surface area contributed by atoms with Gasteiger partial charge in [0.1, 0.15) is 6.29 Å². The lowest BCUT2D eigenvalue weighted by atomic mass is 9.85. The third-order valence-electron chi connectivity index (χ3n) is 7.83. The Hall–Kier alpha value is -3.25. The molecule has 2 N–H and O–H groups in total. The number of sulfonamides is 1. The second-order valence-electron chi connectivity index (χ2n) is 11.0. The normalized spacial score (nSPS) is 19.5. The number of rotatable bonds is 11. The molecule has 1 saturated carbocycles. The van der Waals surface area contributed by atoms with E-state index in [0.717, 1.165) is 23.3 Å². The molecular weight excluding hydrogens is 597 g/mol. The monoisotopic (exact) mass is 640 g/mol. The molecule has 11 heteroatoms. The second-order valence-corrected chi connectivity index (χ2v) is 14.2.